The van der Waals surface area contributed by atoms with Crippen LogP contribution >= 0.6 is 0 Å². The molecule has 13 heavy (non-hydrogen) atoms. The van der Waals surface area contributed by atoms with Crippen LogP contribution in [0.2, 0.25) is 0 Å². The molecule has 0 nitrogen and oxygen atoms in total. The number of alkyl halides is 3. The maximum atomic E-state index is 12.0. The van der Waals surface area contributed by atoms with Crippen molar-refractivity contribution in [3.05, 3.63) is 11.6 Å². The van der Waals surface area contributed by atoms with Crippen molar-refractivity contribution in [3.63, 3.8) is 0 Å². The predicted octanol–water partition coefficient (Wildman–Crippen LogP) is 4.22. The highest BCUT2D eigenvalue weighted by molar-refractivity contribution is 5.06. The molecule has 0 saturated heterocycles. The molecule has 1 aliphatic carbocycles. The SMILES string of the molecule is FC(F)(F)C=C1CCCCCCC1. The molecule has 0 amide bonds. The summed E-state index contributed by atoms with van der Waals surface area (Å²) < 4.78 is 36.0. The smallest absolute Gasteiger partial charge is 0.167 e. The molecular formula is C10H15F3. The summed E-state index contributed by atoms with van der Waals surface area (Å²) >= 11 is 0. The molecule has 0 aromatic heterocycles. The standard InChI is InChI=1S/C10H15F3/c11-10(12,13)8-9-6-4-2-1-3-5-7-9/h8H,1-7H2. The van der Waals surface area contributed by atoms with Gasteiger partial charge in [0.15, 0.2) is 0 Å². The normalized spacial score (nSPS) is 20.7. The summed E-state index contributed by atoms with van der Waals surface area (Å²) in [5.74, 6) is 0. The largest absolute Gasteiger partial charge is 0.409 e. The summed E-state index contributed by atoms with van der Waals surface area (Å²) in [6.07, 6.45) is 2.83. The summed E-state index contributed by atoms with van der Waals surface area (Å²) in [4.78, 5) is 0. The number of allylic oxidation sites excluding steroid dienone is 2. The van der Waals surface area contributed by atoms with Crippen molar-refractivity contribution in [2.45, 2.75) is 51.1 Å². The summed E-state index contributed by atoms with van der Waals surface area (Å²) in [6.45, 7) is 0. The maximum absolute atomic E-state index is 12.0. The Kier molecular flexibility index (Phi) is 3.82. The van der Waals surface area contributed by atoms with Crippen LogP contribution in [0, 0.1) is 0 Å². The van der Waals surface area contributed by atoms with E-state index in [0.29, 0.717) is 24.5 Å². The zero-order valence-corrected chi connectivity index (χ0v) is 7.66. The van der Waals surface area contributed by atoms with Crippen LogP contribution < -0.4 is 0 Å². The third kappa shape index (κ3) is 4.96. The van der Waals surface area contributed by atoms with Crippen molar-refractivity contribution < 1.29 is 13.2 Å². The highest BCUT2D eigenvalue weighted by atomic mass is 19.4. The van der Waals surface area contributed by atoms with Gasteiger partial charge in [-0.05, 0) is 25.7 Å². The number of rotatable bonds is 0. The van der Waals surface area contributed by atoms with Gasteiger partial charge in [-0.15, -0.1) is 0 Å². The van der Waals surface area contributed by atoms with Crippen LogP contribution in [0.15, 0.2) is 11.6 Å². The van der Waals surface area contributed by atoms with Gasteiger partial charge in [0.2, 0.25) is 0 Å². The molecule has 76 valence electrons. The minimum Gasteiger partial charge on any atom is -0.167 e. The first-order valence-corrected chi connectivity index (χ1v) is 4.85. The minimum atomic E-state index is -4.12. The van der Waals surface area contributed by atoms with E-state index in [1.54, 1.807) is 0 Å². The summed E-state index contributed by atoms with van der Waals surface area (Å²) in [5.41, 5.74) is 0.590. The van der Waals surface area contributed by atoms with Crippen molar-refractivity contribution in [3.8, 4) is 0 Å². The highest BCUT2D eigenvalue weighted by Gasteiger charge is 2.24. The van der Waals surface area contributed by atoms with E-state index in [1.807, 2.05) is 0 Å². The van der Waals surface area contributed by atoms with Crippen molar-refractivity contribution in [2.75, 3.05) is 0 Å². The summed E-state index contributed by atoms with van der Waals surface area (Å²) in [6, 6.07) is 0. The van der Waals surface area contributed by atoms with E-state index in [9.17, 15) is 13.2 Å². The van der Waals surface area contributed by atoms with E-state index in [2.05, 4.69) is 0 Å². The number of hydrogen-bond donors (Lipinski definition) is 0. The van der Waals surface area contributed by atoms with Crippen molar-refractivity contribution in [1.29, 1.82) is 0 Å². The molecule has 3 heteroatoms. The van der Waals surface area contributed by atoms with Crippen LogP contribution in [0.4, 0.5) is 13.2 Å². The Balaban J connectivity index is 2.50. The van der Waals surface area contributed by atoms with Gasteiger partial charge in [-0.25, -0.2) is 0 Å². The quantitative estimate of drug-likeness (QED) is 0.504. The maximum Gasteiger partial charge on any atom is 0.409 e. The first kappa shape index (κ1) is 10.6. The summed E-state index contributed by atoms with van der Waals surface area (Å²) in [7, 11) is 0. The van der Waals surface area contributed by atoms with Gasteiger partial charge in [0, 0.05) is 6.08 Å². The molecule has 0 aromatic rings. The lowest BCUT2D eigenvalue weighted by atomic mass is 9.96. The molecule has 1 fully saturated rings. The van der Waals surface area contributed by atoms with E-state index in [0.717, 1.165) is 25.7 Å². The fraction of sp³-hybridized carbons (Fsp3) is 0.800. The molecule has 0 aromatic carbocycles. The Morgan fingerprint density at radius 3 is 1.77 bits per heavy atom. The molecule has 1 saturated carbocycles. The van der Waals surface area contributed by atoms with E-state index in [1.165, 1.54) is 6.42 Å². The van der Waals surface area contributed by atoms with Crippen LogP contribution in [0.1, 0.15) is 44.9 Å². The third-order valence-corrected chi connectivity index (χ3v) is 2.36. The third-order valence-electron chi connectivity index (χ3n) is 2.36. The van der Waals surface area contributed by atoms with E-state index in [-0.39, 0.29) is 0 Å². The fourth-order valence-electron chi connectivity index (χ4n) is 1.74. The lowest BCUT2D eigenvalue weighted by Crippen LogP contribution is -2.04. The minimum absolute atomic E-state index is 0.498. The van der Waals surface area contributed by atoms with E-state index < -0.39 is 6.18 Å². The second-order valence-corrected chi connectivity index (χ2v) is 3.61. The van der Waals surface area contributed by atoms with Crippen molar-refractivity contribution in [2.24, 2.45) is 0 Å². The molecule has 0 spiro atoms. The monoisotopic (exact) mass is 192 g/mol. The predicted molar refractivity (Wildman–Crippen MR) is 46.5 cm³/mol. The highest BCUT2D eigenvalue weighted by Crippen LogP contribution is 2.26. The Morgan fingerprint density at radius 2 is 1.31 bits per heavy atom. The Bertz CT molecular complexity index is 169. The van der Waals surface area contributed by atoms with Gasteiger partial charge in [-0.2, -0.15) is 13.2 Å². The summed E-state index contributed by atoms with van der Waals surface area (Å²) in [5, 5.41) is 0. The van der Waals surface area contributed by atoms with Crippen LogP contribution in [-0.2, 0) is 0 Å². The molecule has 0 bridgehead atoms. The lowest BCUT2D eigenvalue weighted by molar-refractivity contribution is -0.0808. The van der Waals surface area contributed by atoms with Crippen molar-refractivity contribution in [1.82, 2.24) is 0 Å². The van der Waals surface area contributed by atoms with Gasteiger partial charge in [0.05, 0.1) is 0 Å². The van der Waals surface area contributed by atoms with Gasteiger partial charge in [-0.3, -0.25) is 0 Å². The molecule has 0 aliphatic heterocycles. The number of hydrogen-bond acceptors (Lipinski definition) is 0. The Hall–Kier alpha value is -0.470. The Morgan fingerprint density at radius 1 is 0.846 bits per heavy atom. The first-order chi connectivity index (χ1) is 6.08. The first-order valence-electron chi connectivity index (χ1n) is 4.85. The van der Waals surface area contributed by atoms with Gasteiger partial charge in [0.1, 0.15) is 0 Å². The lowest BCUT2D eigenvalue weighted by Gasteiger charge is -2.12. The van der Waals surface area contributed by atoms with Gasteiger partial charge < -0.3 is 0 Å². The molecule has 0 N–H and O–H groups in total. The Labute approximate surface area is 76.8 Å². The number of halogens is 3. The molecule has 0 radical (unpaired) electrons. The fourth-order valence-corrected chi connectivity index (χ4v) is 1.74. The van der Waals surface area contributed by atoms with Gasteiger partial charge in [-0.1, -0.05) is 24.8 Å². The van der Waals surface area contributed by atoms with E-state index in [4.69, 9.17) is 0 Å². The second-order valence-electron chi connectivity index (χ2n) is 3.61. The van der Waals surface area contributed by atoms with E-state index >= 15 is 0 Å². The van der Waals surface area contributed by atoms with Gasteiger partial charge in [0.25, 0.3) is 0 Å². The molecule has 1 aliphatic rings. The molecular weight excluding hydrogens is 177 g/mol. The van der Waals surface area contributed by atoms with Crippen LogP contribution in [0.5, 0.6) is 0 Å². The molecule has 0 heterocycles. The zero-order valence-electron chi connectivity index (χ0n) is 7.66. The van der Waals surface area contributed by atoms with Crippen LogP contribution in [-0.4, -0.2) is 6.18 Å². The van der Waals surface area contributed by atoms with Crippen molar-refractivity contribution >= 4 is 0 Å². The molecule has 1 rings (SSSR count). The molecule has 0 atom stereocenters. The van der Waals surface area contributed by atoms with Crippen LogP contribution in [0.25, 0.3) is 0 Å². The van der Waals surface area contributed by atoms with Crippen LogP contribution in [0.3, 0.4) is 0 Å². The zero-order chi connectivity index (χ0) is 9.73. The average molecular weight is 192 g/mol. The molecule has 0 unspecified atom stereocenters. The second kappa shape index (κ2) is 4.68. The van der Waals surface area contributed by atoms with Gasteiger partial charge >= 0.3 is 6.18 Å². The topological polar surface area (TPSA) is 0 Å². The average Bonchev–Trinajstić information content (AvgIpc) is 1.92.